The lowest BCUT2D eigenvalue weighted by molar-refractivity contribution is -0.116. The first-order chi connectivity index (χ1) is 10.1. The fraction of sp³-hybridized carbons (Fsp3) is 0.353. The first-order valence-corrected chi connectivity index (χ1v) is 7.28. The Morgan fingerprint density at radius 3 is 2.67 bits per heavy atom. The molecule has 0 saturated carbocycles. The van der Waals surface area contributed by atoms with Crippen LogP contribution in [0.3, 0.4) is 0 Å². The van der Waals surface area contributed by atoms with Gasteiger partial charge in [-0.3, -0.25) is 4.79 Å². The van der Waals surface area contributed by atoms with Crippen LogP contribution in [0.1, 0.15) is 37.0 Å². The van der Waals surface area contributed by atoms with Crippen LogP contribution in [-0.2, 0) is 11.3 Å². The van der Waals surface area contributed by atoms with Crippen molar-refractivity contribution in [2.75, 3.05) is 5.32 Å². The number of rotatable bonds is 6. The molecule has 0 fully saturated rings. The van der Waals surface area contributed by atoms with Crippen molar-refractivity contribution in [2.45, 2.75) is 39.3 Å². The predicted octanol–water partition coefficient (Wildman–Crippen LogP) is 3.27. The standard InChI is InChI=1S/C17H22N2O2/c1-3-4-16(20)14-9-10-19(11-14)12-17(21)18-15-7-5-13(2)6-8-15/h5-11,16,20H,3-4,12H2,1-2H3,(H,18,21). The summed E-state index contributed by atoms with van der Waals surface area (Å²) in [6.07, 6.45) is 4.87. The molecule has 2 aromatic rings. The van der Waals surface area contributed by atoms with Gasteiger partial charge in [0.2, 0.25) is 5.91 Å². The maximum Gasteiger partial charge on any atom is 0.244 e. The van der Waals surface area contributed by atoms with Crippen LogP contribution in [-0.4, -0.2) is 15.6 Å². The monoisotopic (exact) mass is 286 g/mol. The largest absolute Gasteiger partial charge is 0.388 e. The van der Waals surface area contributed by atoms with Gasteiger partial charge in [-0.25, -0.2) is 0 Å². The second kappa shape index (κ2) is 7.09. The molecule has 1 unspecified atom stereocenters. The summed E-state index contributed by atoms with van der Waals surface area (Å²) in [5, 5.41) is 12.8. The molecule has 0 aliphatic heterocycles. The molecule has 4 heteroatoms. The summed E-state index contributed by atoms with van der Waals surface area (Å²) in [5.41, 5.74) is 2.82. The highest BCUT2D eigenvalue weighted by molar-refractivity contribution is 5.90. The van der Waals surface area contributed by atoms with Gasteiger partial charge in [-0.2, -0.15) is 0 Å². The van der Waals surface area contributed by atoms with Crippen molar-refractivity contribution in [3.63, 3.8) is 0 Å². The summed E-state index contributed by atoms with van der Waals surface area (Å²) in [5.74, 6) is -0.0778. The molecular weight excluding hydrogens is 264 g/mol. The Labute approximate surface area is 125 Å². The van der Waals surface area contributed by atoms with Gasteiger partial charge in [-0.1, -0.05) is 31.0 Å². The van der Waals surface area contributed by atoms with Crippen LogP contribution in [0, 0.1) is 6.92 Å². The lowest BCUT2D eigenvalue weighted by atomic mass is 10.1. The maximum absolute atomic E-state index is 12.0. The molecule has 0 aliphatic carbocycles. The third kappa shape index (κ3) is 4.46. The fourth-order valence-corrected chi connectivity index (χ4v) is 2.20. The SMILES string of the molecule is CCCC(O)c1ccn(CC(=O)Nc2ccc(C)cc2)c1. The number of aliphatic hydroxyl groups excluding tert-OH is 1. The molecule has 0 radical (unpaired) electrons. The van der Waals surface area contributed by atoms with Crippen LogP contribution in [0.2, 0.25) is 0 Å². The molecule has 1 aromatic carbocycles. The van der Waals surface area contributed by atoms with Crippen LogP contribution in [0.4, 0.5) is 5.69 Å². The van der Waals surface area contributed by atoms with E-state index >= 15 is 0 Å². The molecule has 0 bridgehead atoms. The first-order valence-electron chi connectivity index (χ1n) is 7.28. The van der Waals surface area contributed by atoms with Crippen molar-refractivity contribution in [2.24, 2.45) is 0 Å². The number of amides is 1. The zero-order chi connectivity index (χ0) is 15.2. The Kier molecular flexibility index (Phi) is 5.17. The average Bonchev–Trinajstić information content (AvgIpc) is 2.90. The highest BCUT2D eigenvalue weighted by atomic mass is 16.3. The van der Waals surface area contributed by atoms with Gasteiger partial charge in [-0.15, -0.1) is 0 Å². The highest BCUT2D eigenvalue weighted by Crippen LogP contribution is 2.18. The smallest absolute Gasteiger partial charge is 0.244 e. The minimum absolute atomic E-state index is 0.0778. The van der Waals surface area contributed by atoms with Gasteiger partial charge in [0.15, 0.2) is 0 Å². The number of aromatic nitrogens is 1. The van der Waals surface area contributed by atoms with Gasteiger partial charge < -0.3 is 15.0 Å². The molecular formula is C17H22N2O2. The van der Waals surface area contributed by atoms with Crippen LogP contribution in [0.5, 0.6) is 0 Å². The zero-order valence-electron chi connectivity index (χ0n) is 12.5. The van der Waals surface area contributed by atoms with Gasteiger partial charge in [0.05, 0.1) is 6.10 Å². The number of hydrogen-bond donors (Lipinski definition) is 2. The van der Waals surface area contributed by atoms with E-state index in [0.717, 1.165) is 29.7 Å². The van der Waals surface area contributed by atoms with Crippen LogP contribution < -0.4 is 5.32 Å². The summed E-state index contributed by atoms with van der Waals surface area (Å²) in [6.45, 7) is 4.29. The normalized spacial score (nSPS) is 12.1. The fourth-order valence-electron chi connectivity index (χ4n) is 2.20. The van der Waals surface area contributed by atoms with E-state index in [1.54, 1.807) is 4.57 Å². The first kappa shape index (κ1) is 15.3. The summed E-state index contributed by atoms with van der Waals surface area (Å²) in [4.78, 5) is 12.0. The third-order valence-corrected chi connectivity index (χ3v) is 3.38. The topological polar surface area (TPSA) is 54.3 Å². The molecule has 0 aliphatic rings. The minimum Gasteiger partial charge on any atom is -0.388 e. The van der Waals surface area contributed by atoms with Gasteiger partial charge >= 0.3 is 0 Å². The Morgan fingerprint density at radius 1 is 1.29 bits per heavy atom. The molecule has 21 heavy (non-hydrogen) atoms. The molecule has 112 valence electrons. The molecule has 1 amide bonds. The van der Waals surface area contributed by atoms with Crippen molar-refractivity contribution in [1.82, 2.24) is 4.57 Å². The Balaban J connectivity index is 1.92. The van der Waals surface area contributed by atoms with Crippen molar-refractivity contribution in [3.05, 3.63) is 53.9 Å². The summed E-state index contributed by atoms with van der Waals surface area (Å²) >= 11 is 0. The number of aliphatic hydroxyl groups is 1. The van der Waals surface area contributed by atoms with E-state index in [-0.39, 0.29) is 12.5 Å². The van der Waals surface area contributed by atoms with Crippen LogP contribution >= 0.6 is 0 Å². The summed E-state index contributed by atoms with van der Waals surface area (Å²) < 4.78 is 1.79. The quantitative estimate of drug-likeness (QED) is 0.856. The molecule has 1 aromatic heterocycles. The van der Waals surface area contributed by atoms with E-state index in [1.807, 2.05) is 56.6 Å². The Morgan fingerprint density at radius 2 is 2.00 bits per heavy atom. The number of anilines is 1. The second-order valence-corrected chi connectivity index (χ2v) is 5.34. The molecule has 2 rings (SSSR count). The molecule has 1 heterocycles. The van der Waals surface area contributed by atoms with Crippen LogP contribution in [0.25, 0.3) is 0 Å². The van der Waals surface area contributed by atoms with E-state index in [9.17, 15) is 9.90 Å². The lowest BCUT2D eigenvalue weighted by Crippen LogP contribution is -2.17. The number of nitrogens with zero attached hydrogens (tertiary/aromatic N) is 1. The van der Waals surface area contributed by atoms with Crippen molar-refractivity contribution in [3.8, 4) is 0 Å². The highest BCUT2D eigenvalue weighted by Gasteiger charge is 2.09. The molecule has 1 atom stereocenters. The van der Waals surface area contributed by atoms with E-state index in [2.05, 4.69) is 5.32 Å². The predicted molar refractivity (Wildman–Crippen MR) is 84.1 cm³/mol. The maximum atomic E-state index is 12.0. The molecule has 4 nitrogen and oxygen atoms in total. The van der Waals surface area contributed by atoms with Crippen molar-refractivity contribution >= 4 is 11.6 Å². The molecule has 2 N–H and O–H groups in total. The van der Waals surface area contributed by atoms with Crippen molar-refractivity contribution in [1.29, 1.82) is 0 Å². The van der Waals surface area contributed by atoms with E-state index in [1.165, 1.54) is 0 Å². The van der Waals surface area contributed by atoms with Crippen molar-refractivity contribution < 1.29 is 9.90 Å². The van der Waals surface area contributed by atoms with E-state index in [0.29, 0.717) is 0 Å². The number of aryl methyl sites for hydroxylation is 1. The zero-order valence-corrected chi connectivity index (χ0v) is 12.5. The van der Waals surface area contributed by atoms with Gasteiger partial charge in [0, 0.05) is 18.1 Å². The Hall–Kier alpha value is -2.07. The number of hydrogen-bond acceptors (Lipinski definition) is 2. The summed E-state index contributed by atoms with van der Waals surface area (Å²) in [6, 6.07) is 9.56. The van der Waals surface area contributed by atoms with Crippen LogP contribution in [0.15, 0.2) is 42.7 Å². The van der Waals surface area contributed by atoms with E-state index in [4.69, 9.17) is 0 Å². The molecule has 0 spiro atoms. The number of carbonyl (C=O) groups excluding carboxylic acids is 1. The number of carbonyl (C=O) groups is 1. The third-order valence-electron chi connectivity index (χ3n) is 3.38. The number of benzene rings is 1. The van der Waals surface area contributed by atoms with E-state index < -0.39 is 6.10 Å². The second-order valence-electron chi connectivity index (χ2n) is 5.34. The average molecular weight is 286 g/mol. The lowest BCUT2D eigenvalue weighted by Gasteiger charge is -2.08. The number of nitrogens with one attached hydrogen (secondary N) is 1. The molecule has 0 saturated heterocycles. The van der Waals surface area contributed by atoms with Gasteiger partial charge in [0.1, 0.15) is 6.54 Å². The van der Waals surface area contributed by atoms with Gasteiger partial charge in [0.25, 0.3) is 0 Å². The Bertz CT molecular complexity index is 587. The minimum atomic E-state index is -0.448. The summed E-state index contributed by atoms with van der Waals surface area (Å²) in [7, 11) is 0. The van der Waals surface area contributed by atoms with Gasteiger partial charge in [-0.05, 0) is 37.1 Å².